The summed E-state index contributed by atoms with van der Waals surface area (Å²) >= 11 is 0. The second-order valence-corrected chi connectivity index (χ2v) is 14.2. The van der Waals surface area contributed by atoms with Gasteiger partial charge in [-0.2, -0.15) is 0 Å². The molecule has 0 aliphatic heterocycles. The molecule has 0 aromatic heterocycles. The van der Waals surface area contributed by atoms with Gasteiger partial charge in [0.2, 0.25) is 11.8 Å². The minimum absolute atomic E-state index is 0.0714. The molecule has 0 unspecified atom stereocenters. The molecule has 10 heteroatoms. The van der Waals surface area contributed by atoms with E-state index >= 15 is 0 Å². The van der Waals surface area contributed by atoms with Crippen molar-refractivity contribution in [3.8, 4) is 11.5 Å². The van der Waals surface area contributed by atoms with Crippen LogP contribution >= 0.6 is 0 Å². The van der Waals surface area contributed by atoms with Crippen LogP contribution in [0.4, 0.5) is 5.69 Å². The summed E-state index contributed by atoms with van der Waals surface area (Å²) in [5.41, 5.74) is 4.68. The van der Waals surface area contributed by atoms with Crippen LogP contribution < -0.4 is 19.1 Å². The average Bonchev–Trinajstić information content (AvgIpc) is 3.08. The SMILES string of the molecule is CC[C@@H](C)NC(=O)[C@H](Cc1ccccc1)N(Cc1ccccc1C)C(=O)CN(c1cc(C)cc(C)c1)S(=O)(=O)c1ccc(OC)c(OC)c1. The van der Waals surface area contributed by atoms with E-state index in [0.29, 0.717) is 17.9 Å². The molecule has 0 radical (unpaired) electrons. The topological polar surface area (TPSA) is 105 Å². The molecule has 4 aromatic carbocycles. The van der Waals surface area contributed by atoms with E-state index in [0.717, 1.165) is 32.1 Å². The van der Waals surface area contributed by atoms with Crippen LogP contribution in [-0.2, 0) is 32.6 Å². The summed E-state index contributed by atoms with van der Waals surface area (Å²) in [7, 11) is -1.43. The third-order valence-electron chi connectivity index (χ3n) is 8.59. The lowest BCUT2D eigenvalue weighted by Crippen LogP contribution is -2.54. The zero-order valence-electron chi connectivity index (χ0n) is 29.4. The number of rotatable bonds is 15. The number of aryl methyl sites for hydroxylation is 3. The molecule has 4 aromatic rings. The summed E-state index contributed by atoms with van der Waals surface area (Å²) in [5, 5.41) is 3.07. The monoisotopic (exact) mass is 685 g/mol. The number of anilines is 1. The maximum atomic E-state index is 14.8. The number of benzene rings is 4. The summed E-state index contributed by atoms with van der Waals surface area (Å²) in [5.74, 6) is -0.218. The highest BCUT2D eigenvalue weighted by Gasteiger charge is 2.35. The van der Waals surface area contributed by atoms with Crippen molar-refractivity contribution in [1.29, 1.82) is 0 Å². The van der Waals surface area contributed by atoms with E-state index in [1.165, 1.54) is 37.3 Å². The Balaban J connectivity index is 1.87. The molecule has 0 bridgehead atoms. The van der Waals surface area contributed by atoms with Gasteiger partial charge in [0.15, 0.2) is 11.5 Å². The van der Waals surface area contributed by atoms with Crippen LogP contribution in [-0.4, -0.2) is 58.0 Å². The molecule has 0 saturated heterocycles. The molecule has 0 heterocycles. The van der Waals surface area contributed by atoms with E-state index < -0.39 is 28.5 Å². The number of hydrogen-bond donors (Lipinski definition) is 1. The highest BCUT2D eigenvalue weighted by molar-refractivity contribution is 7.92. The standard InChI is InChI=1S/C39H47N3O6S/c1-8-30(5)40-39(44)35(23-31-15-10-9-11-16-31)41(25-32-17-13-12-14-29(32)4)38(43)26-42(33-21-27(2)20-28(3)22-33)49(45,46)34-18-19-36(47-6)37(24-34)48-7/h9-22,24,30,35H,8,23,25-26H2,1-7H3,(H,40,44)/t30-,35+/m1/s1. The predicted molar refractivity (Wildman–Crippen MR) is 194 cm³/mol. The number of sulfonamides is 1. The van der Waals surface area contributed by atoms with Crippen LogP contribution in [0.5, 0.6) is 11.5 Å². The smallest absolute Gasteiger partial charge is 0.264 e. The van der Waals surface area contributed by atoms with Crippen molar-refractivity contribution in [2.24, 2.45) is 0 Å². The fraction of sp³-hybridized carbons (Fsp3) is 0.333. The Labute approximate surface area is 290 Å². The number of nitrogens with one attached hydrogen (secondary N) is 1. The molecule has 0 saturated carbocycles. The highest BCUT2D eigenvalue weighted by atomic mass is 32.2. The predicted octanol–water partition coefficient (Wildman–Crippen LogP) is 6.38. The lowest BCUT2D eigenvalue weighted by molar-refractivity contribution is -0.140. The summed E-state index contributed by atoms with van der Waals surface area (Å²) in [6.45, 7) is 9.16. The molecule has 260 valence electrons. The van der Waals surface area contributed by atoms with Gasteiger partial charge in [0.1, 0.15) is 12.6 Å². The third-order valence-corrected chi connectivity index (χ3v) is 10.4. The molecule has 4 rings (SSSR count). The van der Waals surface area contributed by atoms with Gasteiger partial charge in [-0.25, -0.2) is 8.42 Å². The van der Waals surface area contributed by atoms with Gasteiger partial charge in [0.25, 0.3) is 10.0 Å². The maximum absolute atomic E-state index is 14.8. The molecule has 1 N–H and O–H groups in total. The van der Waals surface area contributed by atoms with Gasteiger partial charge in [-0.05, 0) is 86.2 Å². The number of hydrogen-bond acceptors (Lipinski definition) is 6. The molecule has 49 heavy (non-hydrogen) atoms. The minimum atomic E-state index is -4.33. The second-order valence-electron chi connectivity index (χ2n) is 12.3. The van der Waals surface area contributed by atoms with Crippen molar-refractivity contribution in [2.75, 3.05) is 25.1 Å². The first-order chi connectivity index (χ1) is 23.4. The van der Waals surface area contributed by atoms with Gasteiger partial charge < -0.3 is 19.7 Å². The highest BCUT2D eigenvalue weighted by Crippen LogP contribution is 2.33. The molecule has 0 aliphatic rings. The summed E-state index contributed by atoms with van der Waals surface area (Å²) in [4.78, 5) is 30.3. The van der Waals surface area contributed by atoms with Crippen molar-refractivity contribution in [3.63, 3.8) is 0 Å². The fourth-order valence-electron chi connectivity index (χ4n) is 5.69. The van der Waals surface area contributed by atoms with Gasteiger partial charge in [-0.15, -0.1) is 0 Å². The van der Waals surface area contributed by atoms with Crippen LogP contribution in [0.15, 0.2) is 95.9 Å². The second kappa shape index (κ2) is 16.5. The fourth-order valence-corrected chi connectivity index (χ4v) is 7.11. The van der Waals surface area contributed by atoms with E-state index in [-0.39, 0.29) is 35.6 Å². The number of methoxy groups -OCH3 is 2. The third kappa shape index (κ3) is 9.20. The Hall–Kier alpha value is -4.83. The van der Waals surface area contributed by atoms with Gasteiger partial charge in [-0.3, -0.25) is 13.9 Å². The van der Waals surface area contributed by atoms with Gasteiger partial charge in [0.05, 0.1) is 24.8 Å². The van der Waals surface area contributed by atoms with E-state index in [9.17, 15) is 18.0 Å². The number of ether oxygens (including phenoxy) is 2. The van der Waals surface area contributed by atoms with Crippen LogP contribution in [0.25, 0.3) is 0 Å². The molecule has 0 aliphatic carbocycles. The zero-order chi connectivity index (χ0) is 35.7. The Morgan fingerprint density at radius 3 is 2.06 bits per heavy atom. The lowest BCUT2D eigenvalue weighted by Gasteiger charge is -2.34. The van der Waals surface area contributed by atoms with E-state index in [1.807, 2.05) is 95.3 Å². The zero-order valence-corrected chi connectivity index (χ0v) is 30.2. The van der Waals surface area contributed by atoms with Crippen LogP contribution in [0, 0.1) is 20.8 Å². The normalized spacial score (nSPS) is 12.5. The summed E-state index contributed by atoms with van der Waals surface area (Å²) < 4.78 is 41.0. The first kappa shape index (κ1) is 37.0. The summed E-state index contributed by atoms with van der Waals surface area (Å²) in [6, 6.07) is 25.9. The van der Waals surface area contributed by atoms with E-state index in [1.54, 1.807) is 12.1 Å². The Morgan fingerprint density at radius 2 is 1.45 bits per heavy atom. The Bertz CT molecular complexity index is 1840. The van der Waals surface area contributed by atoms with Gasteiger partial charge >= 0.3 is 0 Å². The molecule has 0 spiro atoms. The van der Waals surface area contributed by atoms with Crippen LogP contribution in [0.1, 0.15) is 48.1 Å². The maximum Gasteiger partial charge on any atom is 0.264 e. The number of carbonyl (C=O) groups is 2. The van der Waals surface area contributed by atoms with E-state index in [2.05, 4.69) is 5.32 Å². The molecule has 9 nitrogen and oxygen atoms in total. The lowest BCUT2D eigenvalue weighted by atomic mass is 10.0. The molecule has 2 amide bonds. The molecular formula is C39H47N3O6S. The van der Waals surface area contributed by atoms with Crippen molar-refractivity contribution < 1.29 is 27.5 Å². The van der Waals surface area contributed by atoms with E-state index in [4.69, 9.17) is 9.47 Å². The number of amides is 2. The van der Waals surface area contributed by atoms with Crippen molar-refractivity contribution >= 4 is 27.5 Å². The van der Waals surface area contributed by atoms with Crippen molar-refractivity contribution in [2.45, 2.75) is 71.0 Å². The van der Waals surface area contributed by atoms with Crippen molar-refractivity contribution in [3.05, 3.63) is 119 Å². The first-order valence-corrected chi connectivity index (χ1v) is 17.8. The van der Waals surface area contributed by atoms with Gasteiger partial charge in [0, 0.05) is 25.1 Å². The largest absolute Gasteiger partial charge is 0.493 e. The van der Waals surface area contributed by atoms with Crippen LogP contribution in [0.3, 0.4) is 0 Å². The van der Waals surface area contributed by atoms with Crippen molar-refractivity contribution in [1.82, 2.24) is 10.2 Å². The minimum Gasteiger partial charge on any atom is -0.493 e. The Kier molecular flexibility index (Phi) is 12.5. The first-order valence-electron chi connectivity index (χ1n) is 16.4. The van der Waals surface area contributed by atoms with Gasteiger partial charge in [-0.1, -0.05) is 67.6 Å². The number of nitrogens with zero attached hydrogens (tertiary/aromatic N) is 2. The molecular weight excluding hydrogens is 639 g/mol. The Morgan fingerprint density at radius 1 is 0.816 bits per heavy atom. The van der Waals surface area contributed by atoms with Crippen LogP contribution in [0.2, 0.25) is 0 Å². The summed E-state index contributed by atoms with van der Waals surface area (Å²) in [6.07, 6.45) is 0.951. The number of carbonyl (C=O) groups excluding carboxylic acids is 2. The molecule has 2 atom stereocenters. The average molecular weight is 686 g/mol. The quantitative estimate of drug-likeness (QED) is 0.156. The molecule has 0 fully saturated rings.